The molecule has 1 unspecified atom stereocenters. The fourth-order valence-corrected chi connectivity index (χ4v) is 4.03. The molecule has 152 valence electrons. The molecule has 0 aromatic heterocycles. The lowest BCUT2D eigenvalue weighted by Crippen LogP contribution is -2.47. The van der Waals surface area contributed by atoms with Crippen molar-refractivity contribution in [1.82, 2.24) is 9.80 Å². The maximum absolute atomic E-state index is 12.8. The number of benzene rings is 1. The van der Waals surface area contributed by atoms with Crippen LogP contribution in [0.1, 0.15) is 36.8 Å². The van der Waals surface area contributed by atoms with Gasteiger partial charge in [-0.2, -0.15) is 0 Å². The first-order valence-corrected chi connectivity index (χ1v) is 9.92. The number of carbonyl (C=O) groups is 1. The molecule has 1 atom stereocenters. The summed E-state index contributed by atoms with van der Waals surface area (Å²) in [5, 5.41) is 0. The fraction of sp³-hybridized carbons (Fsp3) is 0.667. The second kappa shape index (κ2) is 10.9. The molecule has 0 radical (unpaired) electrons. The first-order valence-electron chi connectivity index (χ1n) is 9.92. The molecule has 0 bridgehead atoms. The van der Waals surface area contributed by atoms with Gasteiger partial charge in [-0.1, -0.05) is 6.07 Å². The molecule has 0 spiro atoms. The molecular weight excluding hydrogens is 364 g/mol. The van der Waals surface area contributed by atoms with Crippen LogP contribution in [0.4, 0.5) is 0 Å². The number of halogens is 1. The van der Waals surface area contributed by atoms with Crippen LogP contribution in [0.5, 0.6) is 5.75 Å². The van der Waals surface area contributed by atoms with E-state index >= 15 is 0 Å². The van der Waals surface area contributed by atoms with Crippen molar-refractivity contribution >= 4 is 18.3 Å². The van der Waals surface area contributed by atoms with Crippen molar-refractivity contribution in [3.63, 3.8) is 0 Å². The number of piperidine rings is 1. The largest absolute Gasteiger partial charge is 0.484 e. The molecule has 0 N–H and O–H groups in total. The lowest BCUT2D eigenvalue weighted by molar-refractivity contribution is -0.137. The Morgan fingerprint density at radius 1 is 1.11 bits per heavy atom. The van der Waals surface area contributed by atoms with Crippen LogP contribution in [0.15, 0.2) is 18.2 Å². The van der Waals surface area contributed by atoms with Crippen LogP contribution in [0, 0.1) is 13.8 Å². The molecule has 1 aromatic carbocycles. The predicted octanol–water partition coefficient (Wildman–Crippen LogP) is 3.21. The van der Waals surface area contributed by atoms with Gasteiger partial charge in [0, 0.05) is 32.2 Å². The molecule has 2 fully saturated rings. The van der Waals surface area contributed by atoms with Crippen molar-refractivity contribution in [2.24, 2.45) is 0 Å². The van der Waals surface area contributed by atoms with Gasteiger partial charge in [0.2, 0.25) is 0 Å². The summed E-state index contributed by atoms with van der Waals surface area (Å²) in [7, 11) is 0. The smallest absolute Gasteiger partial charge is 0.260 e. The predicted molar refractivity (Wildman–Crippen MR) is 110 cm³/mol. The molecule has 0 saturated carbocycles. The van der Waals surface area contributed by atoms with E-state index in [9.17, 15) is 4.79 Å². The summed E-state index contributed by atoms with van der Waals surface area (Å²) in [6, 6.07) is 6.45. The second-order valence-corrected chi connectivity index (χ2v) is 7.59. The van der Waals surface area contributed by atoms with Gasteiger partial charge in [-0.25, -0.2) is 0 Å². The van der Waals surface area contributed by atoms with E-state index in [4.69, 9.17) is 9.47 Å². The summed E-state index contributed by atoms with van der Waals surface area (Å²) in [4.78, 5) is 17.3. The van der Waals surface area contributed by atoms with E-state index in [1.54, 1.807) is 0 Å². The average Bonchev–Trinajstić information content (AvgIpc) is 2.65. The summed E-state index contributed by atoms with van der Waals surface area (Å²) in [5.74, 6) is 0.911. The highest BCUT2D eigenvalue weighted by atomic mass is 35.5. The minimum atomic E-state index is 0. The SMILES string of the molecule is Cc1cc(C)cc(OCC(=O)N2CCCCC2CCN2CCOCC2)c1.Cl. The third-order valence-electron chi connectivity index (χ3n) is 5.39. The number of aryl methyl sites for hydroxylation is 2. The summed E-state index contributed by atoms with van der Waals surface area (Å²) in [5.41, 5.74) is 2.32. The fourth-order valence-electron chi connectivity index (χ4n) is 4.03. The molecule has 2 aliphatic rings. The zero-order chi connectivity index (χ0) is 18.4. The standard InChI is InChI=1S/C21H32N2O3.ClH/c1-17-13-18(2)15-20(14-17)26-16-21(24)23-7-4-3-5-19(23)6-8-22-9-11-25-12-10-22;/h13-15,19H,3-12,16H2,1-2H3;1H. The Morgan fingerprint density at radius 2 is 1.81 bits per heavy atom. The van der Waals surface area contributed by atoms with Crippen LogP contribution < -0.4 is 4.74 Å². The van der Waals surface area contributed by atoms with Gasteiger partial charge in [-0.3, -0.25) is 9.69 Å². The molecule has 3 rings (SSSR count). The Kier molecular flexibility index (Phi) is 8.87. The minimum absolute atomic E-state index is 0. The zero-order valence-electron chi connectivity index (χ0n) is 16.6. The van der Waals surface area contributed by atoms with Crippen LogP contribution in [-0.2, 0) is 9.53 Å². The molecule has 0 aliphatic carbocycles. The maximum atomic E-state index is 12.8. The van der Waals surface area contributed by atoms with E-state index in [1.807, 2.05) is 26.0 Å². The maximum Gasteiger partial charge on any atom is 0.260 e. The number of amides is 1. The van der Waals surface area contributed by atoms with Gasteiger partial charge < -0.3 is 14.4 Å². The molecule has 6 heteroatoms. The Morgan fingerprint density at radius 3 is 2.52 bits per heavy atom. The zero-order valence-corrected chi connectivity index (χ0v) is 17.4. The lowest BCUT2D eigenvalue weighted by atomic mass is 9.99. The Hall–Kier alpha value is -1.30. The summed E-state index contributed by atoms with van der Waals surface area (Å²) in [6.07, 6.45) is 4.48. The van der Waals surface area contributed by atoms with E-state index in [2.05, 4.69) is 15.9 Å². The van der Waals surface area contributed by atoms with Gasteiger partial charge in [-0.05, 0) is 62.8 Å². The minimum Gasteiger partial charge on any atom is -0.484 e. The highest BCUT2D eigenvalue weighted by Crippen LogP contribution is 2.21. The first-order chi connectivity index (χ1) is 12.6. The number of carbonyl (C=O) groups excluding carboxylic acids is 1. The van der Waals surface area contributed by atoms with E-state index in [0.29, 0.717) is 6.04 Å². The van der Waals surface area contributed by atoms with Crippen molar-refractivity contribution < 1.29 is 14.3 Å². The third-order valence-corrected chi connectivity index (χ3v) is 5.39. The number of hydrogen-bond donors (Lipinski definition) is 0. The number of hydrogen-bond acceptors (Lipinski definition) is 4. The van der Waals surface area contributed by atoms with E-state index in [-0.39, 0.29) is 24.9 Å². The molecule has 1 amide bonds. The molecule has 2 aliphatic heterocycles. The highest BCUT2D eigenvalue weighted by Gasteiger charge is 2.27. The molecule has 2 saturated heterocycles. The van der Waals surface area contributed by atoms with Crippen LogP contribution >= 0.6 is 12.4 Å². The number of nitrogens with zero attached hydrogens (tertiary/aromatic N) is 2. The Balaban J connectivity index is 0.00000261. The normalized spacial score (nSPS) is 20.8. The van der Waals surface area contributed by atoms with Gasteiger partial charge in [0.1, 0.15) is 5.75 Å². The van der Waals surface area contributed by atoms with E-state index < -0.39 is 0 Å². The lowest BCUT2D eigenvalue weighted by Gasteiger charge is -2.37. The number of morpholine rings is 1. The van der Waals surface area contributed by atoms with Crippen molar-refractivity contribution in [2.75, 3.05) is 46.0 Å². The topological polar surface area (TPSA) is 42.0 Å². The average molecular weight is 397 g/mol. The summed E-state index contributed by atoms with van der Waals surface area (Å²) < 4.78 is 11.2. The van der Waals surface area contributed by atoms with E-state index in [0.717, 1.165) is 75.5 Å². The van der Waals surface area contributed by atoms with Crippen molar-refractivity contribution in [3.8, 4) is 5.75 Å². The molecular formula is C21H33ClN2O3. The third kappa shape index (κ3) is 6.66. The highest BCUT2D eigenvalue weighted by molar-refractivity contribution is 5.85. The molecule has 2 heterocycles. The monoisotopic (exact) mass is 396 g/mol. The van der Waals surface area contributed by atoms with Crippen LogP contribution in [0.3, 0.4) is 0 Å². The van der Waals surface area contributed by atoms with Gasteiger partial charge in [0.15, 0.2) is 6.61 Å². The van der Waals surface area contributed by atoms with Crippen LogP contribution in [0.25, 0.3) is 0 Å². The van der Waals surface area contributed by atoms with Gasteiger partial charge in [0.05, 0.1) is 13.2 Å². The molecule has 5 nitrogen and oxygen atoms in total. The van der Waals surface area contributed by atoms with Gasteiger partial charge >= 0.3 is 0 Å². The quantitative estimate of drug-likeness (QED) is 0.740. The van der Waals surface area contributed by atoms with Crippen molar-refractivity contribution in [1.29, 1.82) is 0 Å². The Bertz CT molecular complexity index is 585. The van der Waals surface area contributed by atoms with Crippen molar-refractivity contribution in [3.05, 3.63) is 29.3 Å². The van der Waals surface area contributed by atoms with Gasteiger partial charge in [0.25, 0.3) is 5.91 Å². The first kappa shape index (κ1) is 22.0. The van der Waals surface area contributed by atoms with E-state index in [1.165, 1.54) is 6.42 Å². The Labute approximate surface area is 169 Å². The number of rotatable bonds is 6. The summed E-state index contributed by atoms with van der Waals surface area (Å²) >= 11 is 0. The number of likely N-dealkylation sites (tertiary alicyclic amines) is 1. The van der Waals surface area contributed by atoms with Crippen LogP contribution in [0.2, 0.25) is 0 Å². The second-order valence-electron chi connectivity index (χ2n) is 7.59. The molecule has 1 aromatic rings. The van der Waals surface area contributed by atoms with Crippen molar-refractivity contribution in [2.45, 2.75) is 45.6 Å². The number of ether oxygens (including phenoxy) is 2. The van der Waals surface area contributed by atoms with Crippen LogP contribution in [-0.4, -0.2) is 67.7 Å². The summed E-state index contributed by atoms with van der Waals surface area (Å²) in [6.45, 7) is 9.83. The molecule has 27 heavy (non-hydrogen) atoms. The van der Waals surface area contributed by atoms with Gasteiger partial charge in [-0.15, -0.1) is 12.4 Å².